The van der Waals surface area contributed by atoms with Gasteiger partial charge in [-0.15, -0.1) is 0 Å². The molecule has 1 heterocycles. The highest BCUT2D eigenvalue weighted by Crippen LogP contribution is 2.16. The van der Waals surface area contributed by atoms with Crippen LogP contribution in [0.3, 0.4) is 0 Å². The molecule has 0 saturated carbocycles. The number of benzene rings is 1. The Balaban J connectivity index is 1.99. The van der Waals surface area contributed by atoms with E-state index in [2.05, 4.69) is 0 Å². The lowest BCUT2D eigenvalue weighted by Crippen LogP contribution is -2.31. The van der Waals surface area contributed by atoms with Crippen LogP contribution in [-0.4, -0.2) is 34.9 Å². The van der Waals surface area contributed by atoms with E-state index in [-0.39, 0.29) is 17.6 Å². The number of likely N-dealkylation sites (tertiary alicyclic amines) is 1. The van der Waals surface area contributed by atoms with Crippen LogP contribution in [0.4, 0.5) is 5.69 Å². The molecule has 1 aliphatic rings. The lowest BCUT2D eigenvalue weighted by Gasteiger charge is -2.12. The highest BCUT2D eigenvalue weighted by atomic mass is 16.6. The number of nitrogens with zero attached hydrogens (tertiary/aromatic N) is 2. The highest BCUT2D eigenvalue weighted by Gasteiger charge is 2.28. The Morgan fingerprint density at radius 1 is 1.40 bits per heavy atom. The van der Waals surface area contributed by atoms with E-state index < -0.39 is 4.92 Å². The average Bonchev–Trinajstić information content (AvgIpc) is 2.76. The van der Waals surface area contributed by atoms with Crippen molar-refractivity contribution in [2.45, 2.75) is 13.0 Å². The van der Waals surface area contributed by atoms with Gasteiger partial charge in [-0.05, 0) is 29.7 Å². The molecule has 1 saturated heterocycles. The Labute approximate surface area is 117 Å². The van der Waals surface area contributed by atoms with E-state index >= 15 is 0 Å². The molecule has 0 spiro atoms. The summed E-state index contributed by atoms with van der Waals surface area (Å²) in [6.45, 7) is 3.27. The Hall–Kier alpha value is -2.21. The van der Waals surface area contributed by atoms with Crippen molar-refractivity contribution in [3.05, 3.63) is 46.0 Å². The summed E-state index contributed by atoms with van der Waals surface area (Å²) in [6, 6.07) is 6.09. The third-order valence-electron chi connectivity index (χ3n) is 3.50. The molecule has 6 nitrogen and oxygen atoms in total. The normalized spacial score (nSPS) is 22.4. The fourth-order valence-electron chi connectivity index (χ4n) is 2.15. The quantitative estimate of drug-likeness (QED) is 0.513. The molecule has 2 atom stereocenters. The van der Waals surface area contributed by atoms with Gasteiger partial charge in [0.2, 0.25) is 5.91 Å². The van der Waals surface area contributed by atoms with Gasteiger partial charge in [0.05, 0.1) is 4.92 Å². The number of nitrogens with two attached hydrogens (primary N) is 1. The van der Waals surface area contributed by atoms with Gasteiger partial charge in [0.25, 0.3) is 5.69 Å². The maximum atomic E-state index is 12.0. The first kappa shape index (κ1) is 14.2. The SMILES string of the molecule is CC1CN(C(=O)/C=C/c2ccc([N+](=O)[O-])cc2)CC1N. The summed E-state index contributed by atoms with van der Waals surface area (Å²) in [6.07, 6.45) is 3.13. The van der Waals surface area contributed by atoms with E-state index in [1.54, 1.807) is 23.1 Å². The van der Waals surface area contributed by atoms with Gasteiger partial charge in [0.15, 0.2) is 0 Å². The molecule has 1 aliphatic heterocycles. The summed E-state index contributed by atoms with van der Waals surface area (Å²) in [5, 5.41) is 10.5. The molecule has 0 radical (unpaired) electrons. The number of carbonyl (C=O) groups is 1. The molecule has 1 aromatic rings. The minimum absolute atomic E-state index is 0.0340. The smallest absolute Gasteiger partial charge is 0.269 e. The van der Waals surface area contributed by atoms with Crippen molar-refractivity contribution < 1.29 is 9.72 Å². The molecular formula is C14H17N3O3. The second-order valence-corrected chi connectivity index (χ2v) is 5.07. The predicted octanol–water partition coefficient (Wildman–Crippen LogP) is 1.41. The summed E-state index contributed by atoms with van der Waals surface area (Å²) in [5.41, 5.74) is 6.66. The molecule has 0 aromatic heterocycles. The summed E-state index contributed by atoms with van der Waals surface area (Å²) >= 11 is 0. The van der Waals surface area contributed by atoms with E-state index in [0.717, 1.165) is 5.56 Å². The Morgan fingerprint density at radius 3 is 2.55 bits per heavy atom. The van der Waals surface area contributed by atoms with Gasteiger partial charge in [-0.2, -0.15) is 0 Å². The first-order valence-corrected chi connectivity index (χ1v) is 6.44. The largest absolute Gasteiger partial charge is 0.337 e. The minimum Gasteiger partial charge on any atom is -0.337 e. The maximum Gasteiger partial charge on any atom is 0.269 e. The molecule has 1 amide bonds. The van der Waals surface area contributed by atoms with Gasteiger partial charge in [0.1, 0.15) is 0 Å². The first-order chi connectivity index (χ1) is 9.47. The van der Waals surface area contributed by atoms with Gasteiger partial charge >= 0.3 is 0 Å². The Kier molecular flexibility index (Phi) is 4.14. The summed E-state index contributed by atoms with van der Waals surface area (Å²) < 4.78 is 0. The van der Waals surface area contributed by atoms with Crippen LogP contribution in [0.1, 0.15) is 12.5 Å². The van der Waals surface area contributed by atoms with Crippen molar-refractivity contribution in [1.82, 2.24) is 4.90 Å². The van der Waals surface area contributed by atoms with Crippen molar-refractivity contribution in [3.63, 3.8) is 0 Å². The van der Waals surface area contributed by atoms with E-state index in [4.69, 9.17) is 5.73 Å². The van der Waals surface area contributed by atoms with E-state index in [9.17, 15) is 14.9 Å². The topological polar surface area (TPSA) is 89.5 Å². The maximum absolute atomic E-state index is 12.0. The summed E-state index contributed by atoms with van der Waals surface area (Å²) in [7, 11) is 0. The van der Waals surface area contributed by atoms with Gasteiger partial charge in [-0.1, -0.05) is 6.92 Å². The zero-order valence-corrected chi connectivity index (χ0v) is 11.2. The molecule has 0 aliphatic carbocycles. The van der Waals surface area contributed by atoms with Crippen LogP contribution in [0, 0.1) is 16.0 Å². The van der Waals surface area contributed by atoms with Crippen molar-refractivity contribution in [1.29, 1.82) is 0 Å². The summed E-state index contributed by atoms with van der Waals surface area (Å²) in [5.74, 6) is 0.231. The zero-order valence-electron chi connectivity index (χ0n) is 11.2. The predicted molar refractivity (Wildman–Crippen MR) is 75.8 cm³/mol. The number of nitro groups is 1. The van der Waals surface area contributed by atoms with Crippen LogP contribution in [-0.2, 0) is 4.79 Å². The molecule has 1 fully saturated rings. The Bertz CT molecular complexity index is 529. The average molecular weight is 275 g/mol. The van der Waals surface area contributed by atoms with Gasteiger partial charge in [0, 0.05) is 37.3 Å². The van der Waals surface area contributed by atoms with Crippen LogP contribution >= 0.6 is 0 Å². The third-order valence-corrected chi connectivity index (χ3v) is 3.50. The minimum atomic E-state index is -0.453. The molecule has 2 rings (SSSR count). The fraction of sp³-hybridized carbons (Fsp3) is 0.357. The second-order valence-electron chi connectivity index (χ2n) is 5.07. The fourth-order valence-corrected chi connectivity index (χ4v) is 2.15. The number of non-ortho nitro benzene ring substituents is 1. The number of hydrogen-bond acceptors (Lipinski definition) is 4. The number of amides is 1. The lowest BCUT2D eigenvalue weighted by atomic mass is 10.1. The van der Waals surface area contributed by atoms with Crippen molar-refractivity contribution in [2.24, 2.45) is 11.7 Å². The number of carbonyl (C=O) groups excluding carboxylic acids is 1. The molecule has 6 heteroatoms. The monoisotopic (exact) mass is 275 g/mol. The molecule has 0 bridgehead atoms. The Morgan fingerprint density at radius 2 is 2.05 bits per heavy atom. The zero-order chi connectivity index (χ0) is 14.7. The van der Waals surface area contributed by atoms with Crippen LogP contribution < -0.4 is 5.73 Å². The first-order valence-electron chi connectivity index (χ1n) is 6.44. The number of rotatable bonds is 3. The molecule has 20 heavy (non-hydrogen) atoms. The second kappa shape index (κ2) is 5.83. The van der Waals surface area contributed by atoms with Crippen LogP contribution in [0.5, 0.6) is 0 Å². The molecule has 2 unspecified atom stereocenters. The number of nitro benzene ring substituents is 1. The molecular weight excluding hydrogens is 258 g/mol. The van der Waals surface area contributed by atoms with E-state index in [1.165, 1.54) is 18.2 Å². The van der Waals surface area contributed by atoms with Gasteiger partial charge in [-0.25, -0.2) is 0 Å². The highest BCUT2D eigenvalue weighted by molar-refractivity contribution is 5.92. The van der Waals surface area contributed by atoms with Crippen molar-refractivity contribution in [2.75, 3.05) is 13.1 Å². The van der Waals surface area contributed by atoms with E-state index in [1.807, 2.05) is 6.92 Å². The molecule has 2 N–H and O–H groups in total. The van der Waals surface area contributed by atoms with Crippen molar-refractivity contribution >= 4 is 17.7 Å². The van der Waals surface area contributed by atoms with Crippen LogP contribution in [0.2, 0.25) is 0 Å². The summed E-state index contributed by atoms with van der Waals surface area (Å²) in [4.78, 5) is 23.8. The standard InChI is InChI=1S/C14H17N3O3/c1-10-8-16(9-13(10)15)14(18)7-4-11-2-5-12(6-3-11)17(19)20/h2-7,10,13H,8-9,15H2,1H3/b7-4+. The van der Waals surface area contributed by atoms with Crippen LogP contribution in [0.25, 0.3) is 6.08 Å². The van der Waals surface area contributed by atoms with Crippen molar-refractivity contribution in [3.8, 4) is 0 Å². The van der Waals surface area contributed by atoms with Crippen LogP contribution in [0.15, 0.2) is 30.3 Å². The third kappa shape index (κ3) is 3.21. The molecule has 1 aromatic carbocycles. The molecule has 106 valence electrons. The van der Waals surface area contributed by atoms with E-state index in [0.29, 0.717) is 19.0 Å². The van der Waals surface area contributed by atoms with Gasteiger partial charge < -0.3 is 10.6 Å². The number of hydrogen-bond donors (Lipinski definition) is 1. The van der Waals surface area contributed by atoms with Gasteiger partial charge in [-0.3, -0.25) is 14.9 Å². The lowest BCUT2D eigenvalue weighted by molar-refractivity contribution is -0.384.